The molecule has 2 N–H and O–H groups in total. The molecule has 9 heteroatoms. The molecule has 3 aromatic rings. The van der Waals surface area contributed by atoms with E-state index in [9.17, 15) is 13.2 Å². The van der Waals surface area contributed by atoms with Crippen molar-refractivity contribution < 1.29 is 27.4 Å². The third-order valence-corrected chi connectivity index (χ3v) is 6.87. The van der Waals surface area contributed by atoms with Gasteiger partial charge in [0, 0.05) is 11.8 Å². The summed E-state index contributed by atoms with van der Waals surface area (Å²) >= 11 is 0. The van der Waals surface area contributed by atoms with Crippen LogP contribution in [0.2, 0.25) is 0 Å². The summed E-state index contributed by atoms with van der Waals surface area (Å²) in [5, 5.41) is 2.74. The minimum absolute atomic E-state index is 0.0219. The fraction of sp³-hybridized carbons (Fsp3) is 0.296. The van der Waals surface area contributed by atoms with Gasteiger partial charge in [-0.3, -0.25) is 9.52 Å². The number of anilines is 2. The normalized spacial score (nSPS) is 12.4. The lowest BCUT2D eigenvalue weighted by Gasteiger charge is -2.20. The Hall–Kier alpha value is -3.72. The van der Waals surface area contributed by atoms with Gasteiger partial charge in [-0.2, -0.15) is 0 Å². The summed E-state index contributed by atoms with van der Waals surface area (Å²) in [6.45, 7) is 8.03. The molecule has 0 fully saturated rings. The lowest BCUT2D eigenvalue weighted by molar-refractivity contribution is -0.122. The Labute approximate surface area is 212 Å². The molecule has 36 heavy (non-hydrogen) atoms. The number of amides is 1. The van der Waals surface area contributed by atoms with E-state index in [1.807, 2.05) is 24.3 Å². The summed E-state index contributed by atoms with van der Waals surface area (Å²) in [5.41, 5.74) is 1.88. The predicted molar refractivity (Wildman–Crippen MR) is 141 cm³/mol. The van der Waals surface area contributed by atoms with Crippen LogP contribution in [0.25, 0.3) is 0 Å². The molecular formula is C27H32N2O6S. The van der Waals surface area contributed by atoms with Gasteiger partial charge in [0.1, 0.15) is 17.2 Å². The van der Waals surface area contributed by atoms with Crippen molar-refractivity contribution in [2.75, 3.05) is 24.3 Å². The second-order valence-corrected chi connectivity index (χ2v) is 10.9. The SMILES string of the molecule is COc1ccc(OC)c(NS(=O)(=O)c2ccc(NC(=O)[C@H](C)Oc3ccc(C(C)(C)C)cc3)cc2)c1. The van der Waals surface area contributed by atoms with Gasteiger partial charge in [-0.25, -0.2) is 8.42 Å². The van der Waals surface area contributed by atoms with E-state index < -0.39 is 16.1 Å². The minimum Gasteiger partial charge on any atom is -0.497 e. The first-order valence-electron chi connectivity index (χ1n) is 11.4. The zero-order chi connectivity index (χ0) is 26.5. The molecule has 3 aromatic carbocycles. The van der Waals surface area contributed by atoms with Gasteiger partial charge in [-0.15, -0.1) is 0 Å². The van der Waals surface area contributed by atoms with E-state index in [0.717, 1.165) is 0 Å². The molecule has 0 aliphatic heterocycles. The fourth-order valence-electron chi connectivity index (χ4n) is 3.35. The second-order valence-electron chi connectivity index (χ2n) is 9.22. The van der Waals surface area contributed by atoms with Crippen molar-refractivity contribution in [3.05, 3.63) is 72.3 Å². The highest BCUT2D eigenvalue weighted by molar-refractivity contribution is 7.92. The van der Waals surface area contributed by atoms with Crippen molar-refractivity contribution in [1.82, 2.24) is 0 Å². The van der Waals surface area contributed by atoms with E-state index in [2.05, 4.69) is 30.8 Å². The molecule has 0 aliphatic carbocycles. The molecule has 1 atom stereocenters. The highest BCUT2D eigenvalue weighted by atomic mass is 32.2. The van der Waals surface area contributed by atoms with Crippen LogP contribution in [-0.2, 0) is 20.2 Å². The van der Waals surface area contributed by atoms with Crippen LogP contribution in [0.4, 0.5) is 11.4 Å². The summed E-state index contributed by atoms with van der Waals surface area (Å²) in [5.74, 6) is 1.06. The molecule has 0 bridgehead atoms. The first-order chi connectivity index (χ1) is 16.9. The van der Waals surface area contributed by atoms with E-state index in [0.29, 0.717) is 22.9 Å². The molecule has 0 saturated heterocycles. The molecule has 8 nitrogen and oxygen atoms in total. The van der Waals surface area contributed by atoms with Gasteiger partial charge in [0.2, 0.25) is 0 Å². The average Bonchev–Trinajstić information content (AvgIpc) is 2.83. The average molecular weight is 513 g/mol. The van der Waals surface area contributed by atoms with Crippen LogP contribution in [0.3, 0.4) is 0 Å². The van der Waals surface area contributed by atoms with E-state index in [-0.39, 0.29) is 21.9 Å². The Morgan fingerprint density at radius 3 is 2.03 bits per heavy atom. The van der Waals surface area contributed by atoms with Gasteiger partial charge in [-0.05, 0) is 66.4 Å². The number of nitrogens with one attached hydrogen (secondary N) is 2. The smallest absolute Gasteiger partial charge is 0.265 e. The summed E-state index contributed by atoms with van der Waals surface area (Å²) in [6.07, 6.45) is -0.754. The Balaban J connectivity index is 1.65. The molecule has 0 aliphatic rings. The molecule has 0 unspecified atom stereocenters. The lowest BCUT2D eigenvalue weighted by atomic mass is 9.87. The highest BCUT2D eigenvalue weighted by Crippen LogP contribution is 2.31. The molecule has 0 heterocycles. The van der Waals surface area contributed by atoms with Gasteiger partial charge in [0.25, 0.3) is 15.9 Å². The Morgan fingerprint density at radius 1 is 0.861 bits per heavy atom. The predicted octanol–water partition coefficient (Wildman–Crippen LogP) is 5.21. The minimum atomic E-state index is -3.91. The van der Waals surface area contributed by atoms with Crippen LogP contribution in [-0.4, -0.2) is 34.6 Å². The van der Waals surface area contributed by atoms with Crippen molar-refractivity contribution in [2.45, 2.75) is 44.1 Å². The van der Waals surface area contributed by atoms with Gasteiger partial charge < -0.3 is 19.5 Å². The fourth-order valence-corrected chi connectivity index (χ4v) is 4.41. The van der Waals surface area contributed by atoms with Crippen LogP contribution in [0, 0.1) is 0 Å². The number of hydrogen-bond acceptors (Lipinski definition) is 6. The zero-order valence-electron chi connectivity index (χ0n) is 21.3. The number of methoxy groups -OCH3 is 2. The maximum absolute atomic E-state index is 12.9. The van der Waals surface area contributed by atoms with E-state index in [1.54, 1.807) is 19.1 Å². The third kappa shape index (κ3) is 6.69. The third-order valence-electron chi connectivity index (χ3n) is 5.49. The molecular weight excluding hydrogens is 480 g/mol. The number of hydrogen-bond donors (Lipinski definition) is 2. The van der Waals surface area contributed by atoms with Crippen molar-refractivity contribution in [2.24, 2.45) is 0 Å². The summed E-state index contributed by atoms with van der Waals surface area (Å²) in [7, 11) is -0.975. The number of sulfonamides is 1. The quantitative estimate of drug-likeness (QED) is 0.408. The van der Waals surface area contributed by atoms with E-state index >= 15 is 0 Å². The van der Waals surface area contributed by atoms with Crippen molar-refractivity contribution in [3.63, 3.8) is 0 Å². The van der Waals surface area contributed by atoms with Crippen LogP contribution in [0.15, 0.2) is 71.6 Å². The van der Waals surface area contributed by atoms with Gasteiger partial charge in [0.05, 0.1) is 24.8 Å². The molecule has 0 aromatic heterocycles. The zero-order valence-corrected chi connectivity index (χ0v) is 22.1. The van der Waals surface area contributed by atoms with E-state index in [4.69, 9.17) is 14.2 Å². The molecule has 0 spiro atoms. The van der Waals surface area contributed by atoms with Gasteiger partial charge >= 0.3 is 0 Å². The molecule has 1 amide bonds. The number of carbonyl (C=O) groups is 1. The molecule has 3 rings (SSSR count). The molecule has 192 valence electrons. The first kappa shape index (κ1) is 26.9. The maximum Gasteiger partial charge on any atom is 0.265 e. The summed E-state index contributed by atoms with van der Waals surface area (Å²) < 4.78 is 44.4. The Bertz CT molecular complexity index is 1300. The largest absolute Gasteiger partial charge is 0.497 e. The number of benzene rings is 3. The van der Waals surface area contributed by atoms with Crippen LogP contribution >= 0.6 is 0 Å². The van der Waals surface area contributed by atoms with Crippen LogP contribution < -0.4 is 24.2 Å². The number of ether oxygens (including phenoxy) is 3. The molecule has 0 radical (unpaired) electrons. The van der Waals surface area contributed by atoms with Crippen molar-refractivity contribution in [1.29, 1.82) is 0 Å². The van der Waals surface area contributed by atoms with Crippen molar-refractivity contribution >= 4 is 27.3 Å². The topological polar surface area (TPSA) is 103 Å². The van der Waals surface area contributed by atoms with Crippen LogP contribution in [0.5, 0.6) is 17.2 Å². The van der Waals surface area contributed by atoms with Gasteiger partial charge in [0.15, 0.2) is 6.10 Å². The standard InChI is InChI=1S/C27H32N2O6S/c1-18(35-21-11-7-19(8-12-21)27(2,3)4)26(30)28-20-9-14-23(15-10-20)36(31,32)29-24-17-22(33-5)13-16-25(24)34-6/h7-18,29H,1-6H3,(H,28,30)/t18-/m0/s1. The number of rotatable bonds is 9. The maximum atomic E-state index is 12.9. The van der Waals surface area contributed by atoms with E-state index in [1.165, 1.54) is 50.1 Å². The highest BCUT2D eigenvalue weighted by Gasteiger charge is 2.19. The monoisotopic (exact) mass is 512 g/mol. The lowest BCUT2D eigenvalue weighted by Crippen LogP contribution is -2.30. The number of carbonyl (C=O) groups excluding carboxylic acids is 1. The van der Waals surface area contributed by atoms with Crippen LogP contribution in [0.1, 0.15) is 33.3 Å². The van der Waals surface area contributed by atoms with Gasteiger partial charge in [-0.1, -0.05) is 32.9 Å². The summed E-state index contributed by atoms with van der Waals surface area (Å²) in [4.78, 5) is 12.6. The summed E-state index contributed by atoms with van der Waals surface area (Å²) in [6, 6.07) is 18.3. The van der Waals surface area contributed by atoms with Crippen molar-refractivity contribution in [3.8, 4) is 17.2 Å². The molecule has 0 saturated carbocycles. The Kier molecular flexibility index (Phi) is 8.14. The second kappa shape index (κ2) is 10.9. The Morgan fingerprint density at radius 2 is 1.47 bits per heavy atom. The first-order valence-corrected chi connectivity index (χ1v) is 12.8.